The van der Waals surface area contributed by atoms with Gasteiger partial charge >= 0.3 is 5.76 Å². The number of carbonyl (C=O) groups excluding carboxylic acids is 2. The van der Waals surface area contributed by atoms with Gasteiger partial charge in [-0.3, -0.25) is 14.2 Å². The van der Waals surface area contributed by atoms with Crippen LogP contribution in [-0.4, -0.2) is 53.1 Å². The van der Waals surface area contributed by atoms with Crippen LogP contribution < -0.4 is 11.1 Å². The lowest BCUT2D eigenvalue weighted by atomic mass is 10.0. The third kappa shape index (κ3) is 5.02. The molecular weight excluding hydrogens is 436 g/mol. The Hall–Kier alpha value is -3.90. The molecule has 2 heterocycles. The van der Waals surface area contributed by atoms with Crippen LogP contribution in [0.1, 0.15) is 18.9 Å². The van der Waals surface area contributed by atoms with Crippen molar-refractivity contribution in [2.75, 3.05) is 19.7 Å². The van der Waals surface area contributed by atoms with Crippen LogP contribution >= 0.6 is 0 Å². The number of carbonyl (C=O) groups is 2. The van der Waals surface area contributed by atoms with Gasteiger partial charge in [0.25, 0.3) is 5.91 Å². The highest BCUT2D eigenvalue weighted by atomic mass is 16.5. The van der Waals surface area contributed by atoms with Gasteiger partial charge in [-0.25, -0.2) is 4.79 Å². The molecule has 34 heavy (non-hydrogen) atoms. The molecule has 9 heteroatoms. The van der Waals surface area contributed by atoms with Gasteiger partial charge in [-0.05, 0) is 35.2 Å². The summed E-state index contributed by atoms with van der Waals surface area (Å²) in [6.07, 6.45) is 0.209. The second-order valence-electron chi connectivity index (χ2n) is 8.38. The minimum Gasteiger partial charge on any atom is -0.408 e. The zero-order valence-corrected chi connectivity index (χ0v) is 19.1. The fourth-order valence-corrected chi connectivity index (χ4v) is 4.04. The van der Waals surface area contributed by atoms with Crippen molar-refractivity contribution in [2.24, 2.45) is 7.05 Å². The Morgan fingerprint density at radius 2 is 1.94 bits per heavy atom. The largest absolute Gasteiger partial charge is 0.419 e. The zero-order valence-electron chi connectivity index (χ0n) is 19.1. The first-order valence-corrected chi connectivity index (χ1v) is 11.1. The molecule has 0 saturated carbocycles. The summed E-state index contributed by atoms with van der Waals surface area (Å²) in [5.74, 6) is -0.903. The second kappa shape index (κ2) is 9.93. The van der Waals surface area contributed by atoms with Crippen LogP contribution in [-0.2, 0) is 27.8 Å². The number of benzene rings is 2. The predicted octanol–water partition coefficient (Wildman–Crippen LogP) is 1.99. The van der Waals surface area contributed by atoms with Crippen LogP contribution in [0.15, 0.2) is 51.7 Å². The molecule has 3 aromatic rings. The van der Waals surface area contributed by atoms with Gasteiger partial charge in [0, 0.05) is 33.5 Å². The third-order valence-corrected chi connectivity index (χ3v) is 6.01. The van der Waals surface area contributed by atoms with Crippen molar-refractivity contribution in [1.82, 2.24) is 14.8 Å². The Kier molecular flexibility index (Phi) is 6.80. The first-order valence-electron chi connectivity index (χ1n) is 11.1. The smallest absolute Gasteiger partial charge is 0.408 e. The molecule has 1 saturated heterocycles. The number of hydrogen-bond donors (Lipinski definition) is 1. The fraction of sp³-hybridized carbons (Fsp3) is 0.360. The number of amides is 2. The minimum atomic E-state index is -0.793. The van der Waals surface area contributed by atoms with E-state index >= 15 is 0 Å². The molecule has 2 amide bonds. The summed E-state index contributed by atoms with van der Waals surface area (Å²) in [4.78, 5) is 37.7. The van der Waals surface area contributed by atoms with Gasteiger partial charge in [0.15, 0.2) is 11.7 Å². The molecule has 0 radical (unpaired) electrons. The lowest BCUT2D eigenvalue weighted by Crippen LogP contribution is -2.47. The Morgan fingerprint density at radius 1 is 1.21 bits per heavy atom. The molecule has 1 fully saturated rings. The van der Waals surface area contributed by atoms with Gasteiger partial charge in [-0.2, -0.15) is 5.26 Å². The number of nitrogens with one attached hydrogen (secondary N) is 1. The first-order chi connectivity index (χ1) is 16.4. The van der Waals surface area contributed by atoms with Crippen molar-refractivity contribution in [3.8, 4) is 17.2 Å². The van der Waals surface area contributed by atoms with E-state index in [4.69, 9.17) is 9.15 Å². The Morgan fingerprint density at radius 3 is 2.65 bits per heavy atom. The van der Waals surface area contributed by atoms with E-state index in [1.807, 2.05) is 36.4 Å². The van der Waals surface area contributed by atoms with Crippen LogP contribution in [0.5, 0.6) is 0 Å². The normalized spacial score (nSPS) is 17.1. The van der Waals surface area contributed by atoms with Gasteiger partial charge in [-0.1, -0.05) is 30.3 Å². The van der Waals surface area contributed by atoms with E-state index in [9.17, 15) is 19.6 Å². The van der Waals surface area contributed by atoms with Gasteiger partial charge in [0.1, 0.15) is 6.04 Å². The van der Waals surface area contributed by atoms with E-state index in [0.717, 1.165) is 16.7 Å². The van der Waals surface area contributed by atoms with Crippen molar-refractivity contribution >= 4 is 22.9 Å². The number of nitriles is 1. The maximum absolute atomic E-state index is 12.7. The number of aromatic nitrogens is 1. The lowest BCUT2D eigenvalue weighted by molar-refractivity contribution is -0.136. The van der Waals surface area contributed by atoms with Crippen LogP contribution in [0.25, 0.3) is 22.2 Å². The van der Waals surface area contributed by atoms with Gasteiger partial charge < -0.3 is 19.4 Å². The first kappa shape index (κ1) is 23.3. The predicted molar refractivity (Wildman–Crippen MR) is 125 cm³/mol. The maximum atomic E-state index is 12.7. The SMILES string of the molecule is CC(=O)N1CCCO[C@H](C(=O)N[C@H](C#N)Cc2ccc(-c3ccc4oc(=O)n(C)c4c3)cc2)C1. The maximum Gasteiger partial charge on any atom is 0.419 e. The van der Waals surface area contributed by atoms with Crippen molar-refractivity contribution in [3.63, 3.8) is 0 Å². The summed E-state index contributed by atoms with van der Waals surface area (Å²) in [7, 11) is 1.66. The molecule has 0 spiro atoms. The fourth-order valence-electron chi connectivity index (χ4n) is 4.04. The van der Waals surface area contributed by atoms with Crippen molar-refractivity contribution < 1.29 is 18.7 Å². The number of oxazole rings is 1. The standard InChI is InChI=1S/C25H26N4O5/c1-16(30)29-10-3-11-33-23(15-29)24(31)27-20(14-26)12-17-4-6-18(7-5-17)19-8-9-22-21(13-19)28(2)25(32)34-22/h4-9,13,20,23H,3,10-12,15H2,1-2H3,(H,27,31)/t20-,23-/m0/s1. The van der Waals surface area contributed by atoms with E-state index in [1.54, 1.807) is 18.0 Å². The van der Waals surface area contributed by atoms with Gasteiger partial charge in [-0.15, -0.1) is 0 Å². The number of fused-ring (bicyclic) bond motifs is 1. The molecule has 2 aromatic carbocycles. The minimum absolute atomic E-state index is 0.102. The highest BCUT2D eigenvalue weighted by Crippen LogP contribution is 2.24. The number of hydrogen-bond acceptors (Lipinski definition) is 6. The zero-order chi connectivity index (χ0) is 24.2. The Labute approximate surface area is 196 Å². The van der Waals surface area contributed by atoms with Crippen molar-refractivity contribution in [2.45, 2.75) is 31.9 Å². The highest BCUT2D eigenvalue weighted by molar-refractivity contribution is 5.83. The molecule has 0 bridgehead atoms. The average molecular weight is 463 g/mol. The van der Waals surface area contributed by atoms with Gasteiger partial charge in [0.2, 0.25) is 5.91 Å². The Balaban J connectivity index is 1.42. The van der Waals surface area contributed by atoms with E-state index in [-0.39, 0.29) is 12.5 Å². The molecule has 1 aromatic heterocycles. The van der Waals surface area contributed by atoms with E-state index in [2.05, 4.69) is 11.4 Å². The molecule has 1 aliphatic heterocycles. The van der Waals surface area contributed by atoms with Crippen molar-refractivity contribution in [1.29, 1.82) is 5.26 Å². The molecule has 1 N–H and O–H groups in total. The summed E-state index contributed by atoms with van der Waals surface area (Å²) >= 11 is 0. The van der Waals surface area contributed by atoms with E-state index in [0.29, 0.717) is 37.1 Å². The molecule has 176 valence electrons. The molecule has 4 rings (SSSR count). The van der Waals surface area contributed by atoms with Crippen LogP contribution in [0.4, 0.5) is 0 Å². The van der Waals surface area contributed by atoms with E-state index in [1.165, 1.54) is 11.5 Å². The average Bonchev–Trinajstić information content (AvgIpc) is 2.99. The van der Waals surface area contributed by atoms with Gasteiger partial charge in [0.05, 0.1) is 18.1 Å². The third-order valence-electron chi connectivity index (χ3n) is 6.01. The van der Waals surface area contributed by atoms with Crippen LogP contribution in [0.3, 0.4) is 0 Å². The summed E-state index contributed by atoms with van der Waals surface area (Å²) < 4.78 is 12.2. The second-order valence-corrected chi connectivity index (χ2v) is 8.38. The molecule has 9 nitrogen and oxygen atoms in total. The molecular formula is C25H26N4O5. The van der Waals surface area contributed by atoms with Crippen molar-refractivity contribution in [3.05, 3.63) is 58.6 Å². The summed E-state index contributed by atoms with van der Waals surface area (Å²) in [5, 5.41) is 12.3. The Bertz CT molecular complexity index is 1300. The van der Waals surface area contributed by atoms with E-state index < -0.39 is 23.8 Å². The summed E-state index contributed by atoms with van der Waals surface area (Å²) in [6, 6.07) is 14.6. The monoisotopic (exact) mass is 462 g/mol. The highest BCUT2D eigenvalue weighted by Gasteiger charge is 2.28. The molecule has 2 atom stereocenters. The molecule has 0 unspecified atom stereocenters. The number of ether oxygens (including phenoxy) is 1. The topological polar surface area (TPSA) is 118 Å². The number of aryl methyl sites for hydroxylation is 1. The number of rotatable bonds is 5. The summed E-state index contributed by atoms with van der Waals surface area (Å²) in [5.41, 5.74) is 4.01. The summed E-state index contributed by atoms with van der Waals surface area (Å²) in [6.45, 7) is 2.59. The number of nitrogens with zero attached hydrogens (tertiary/aromatic N) is 3. The lowest BCUT2D eigenvalue weighted by Gasteiger charge is -2.23. The molecule has 0 aliphatic carbocycles. The van der Waals surface area contributed by atoms with Crippen LogP contribution in [0.2, 0.25) is 0 Å². The van der Waals surface area contributed by atoms with Crippen LogP contribution in [0, 0.1) is 11.3 Å². The quantitative estimate of drug-likeness (QED) is 0.620. The molecule has 1 aliphatic rings.